The summed E-state index contributed by atoms with van der Waals surface area (Å²) in [6, 6.07) is 5.97. The first-order valence-electron chi connectivity index (χ1n) is 7.63. The molecule has 2 heterocycles. The van der Waals surface area contributed by atoms with E-state index in [0.717, 1.165) is 27.9 Å². The average Bonchev–Trinajstić information content (AvgIpc) is 2.84. The van der Waals surface area contributed by atoms with Gasteiger partial charge in [-0.3, -0.25) is 4.57 Å². The summed E-state index contributed by atoms with van der Waals surface area (Å²) in [6.45, 7) is 1.08. The third kappa shape index (κ3) is 2.36. The van der Waals surface area contributed by atoms with Gasteiger partial charge in [-0.05, 0) is 31.0 Å². The molecule has 0 unspecified atom stereocenters. The fraction of sp³-hybridized carbons (Fsp3) is 0.500. The lowest BCUT2D eigenvalue weighted by Gasteiger charge is -2.22. The first-order chi connectivity index (χ1) is 10.3. The normalized spacial score (nSPS) is 18.9. The molecule has 2 aromatic rings. The van der Waals surface area contributed by atoms with Crippen molar-refractivity contribution in [2.24, 2.45) is 0 Å². The fourth-order valence-corrected chi connectivity index (χ4v) is 3.65. The van der Waals surface area contributed by atoms with Crippen molar-refractivity contribution < 1.29 is 4.74 Å². The molecule has 21 heavy (non-hydrogen) atoms. The van der Waals surface area contributed by atoms with Crippen molar-refractivity contribution in [3.63, 3.8) is 0 Å². The van der Waals surface area contributed by atoms with Crippen LogP contribution in [0.4, 0.5) is 0 Å². The van der Waals surface area contributed by atoms with Crippen LogP contribution in [0.3, 0.4) is 0 Å². The summed E-state index contributed by atoms with van der Waals surface area (Å²) in [4.78, 5) is 0. The molecule has 5 heteroatoms. The standard InChI is InChI=1S/C16H18ClN3O/c17-13-6-7-14-12(8-13)9-21-10-15-18-19-16(20(14)15)11-4-2-1-3-5-11/h6-8,11H,1-5,9-10H2. The van der Waals surface area contributed by atoms with E-state index in [1.165, 1.54) is 32.1 Å². The Morgan fingerprint density at radius 1 is 1.10 bits per heavy atom. The van der Waals surface area contributed by atoms with Gasteiger partial charge in [0.05, 0.1) is 12.3 Å². The lowest BCUT2D eigenvalue weighted by atomic mass is 9.88. The Labute approximate surface area is 129 Å². The molecular formula is C16H18ClN3O. The van der Waals surface area contributed by atoms with E-state index in [1.807, 2.05) is 12.1 Å². The van der Waals surface area contributed by atoms with Crippen LogP contribution in [0.15, 0.2) is 18.2 Å². The first-order valence-corrected chi connectivity index (χ1v) is 8.01. The lowest BCUT2D eigenvalue weighted by Crippen LogP contribution is -2.13. The van der Waals surface area contributed by atoms with E-state index >= 15 is 0 Å². The minimum absolute atomic E-state index is 0.506. The second-order valence-corrected chi connectivity index (χ2v) is 6.35. The average molecular weight is 304 g/mol. The third-order valence-electron chi connectivity index (χ3n) is 4.50. The van der Waals surface area contributed by atoms with Crippen molar-refractivity contribution in [2.75, 3.05) is 0 Å². The maximum atomic E-state index is 6.12. The van der Waals surface area contributed by atoms with Crippen LogP contribution in [0.2, 0.25) is 5.02 Å². The third-order valence-corrected chi connectivity index (χ3v) is 4.73. The molecule has 0 atom stereocenters. The molecule has 0 spiro atoms. The number of hydrogen-bond acceptors (Lipinski definition) is 3. The molecule has 1 aliphatic carbocycles. The van der Waals surface area contributed by atoms with Crippen LogP contribution in [0, 0.1) is 0 Å². The van der Waals surface area contributed by atoms with Gasteiger partial charge in [0.25, 0.3) is 0 Å². The predicted octanol–water partition coefficient (Wildman–Crippen LogP) is 4.00. The Balaban J connectivity index is 1.84. The van der Waals surface area contributed by atoms with Gasteiger partial charge in [0.1, 0.15) is 12.4 Å². The summed E-state index contributed by atoms with van der Waals surface area (Å²) in [5, 5.41) is 9.60. The Kier molecular flexibility index (Phi) is 3.43. The first kappa shape index (κ1) is 13.3. The largest absolute Gasteiger partial charge is 0.369 e. The number of aromatic nitrogens is 3. The van der Waals surface area contributed by atoms with E-state index in [0.29, 0.717) is 19.1 Å². The van der Waals surface area contributed by atoms with E-state index in [-0.39, 0.29) is 0 Å². The highest BCUT2D eigenvalue weighted by Crippen LogP contribution is 2.35. The molecule has 2 aliphatic rings. The number of rotatable bonds is 1. The topological polar surface area (TPSA) is 39.9 Å². The van der Waals surface area contributed by atoms with Crippen LogP contribution in [-0.4, -0.2) is 14.8 Å². The van der Waals surface area contributed by atoms with Crippen LogP contribution < -0.4 is 0 Å². The van der Waals surface area contributed by atoms with Crippen molar-refractivity contribution >= 4 is 11.6 Å². The summed E-state index contributed by atoms with van der Waals surface area (Å²) in [6.07, 6.45) is 6.34. The van der Waals surface area contributed by atoms with Crippen molar-refractivity contribution in [2.45, 2.75) is 51.2 Å². The van der Waals surface area contributed by atoms with E-state index in [4.69, 9.17) is 16.3 Å². The van der Waals surface area contributed by atoms with Crippen molar-refractivity contribution in [1.29, 1.82) is 0 Å². The quantitative estimate of drug-likeness (QED) is 0.799. The number of halogens is 1. The molecule has 0 bridgehead atoms. The molecule has 0 N–H and O–H groups in total. The number of hydrogen-bond donors (Lipinski definition) is 0. The maximum Gasteiger partial charge on any atom is 0.163 e. The zero-order chi connectivity index (χ0) is 14.2. The summed E-state index contributed by atoms with van der Waals surface area (Å²) < 4.78 is 7.92. The molecular weight excluding hydrogens is 286 g/mol. The molecule has 0 saturated heterocycles. The molecule has 1 aromatic heterocycles. The van der Waals surface area contributed by atoms with E-state index < -0.39 is 0 Å². The molecule has 1 fully saturated rings. The molecule has 1 aromatic carbocycles. The van der Waals surface area contributed by atoms with Gasteiger partial charge in [0.15, 0.2) is 5.82 Å². The van der Waals surface area contributed by atoms with Crippen molar-refractivity contribution in [1.82, 2.24) is 14.8 Å². The van der Waals surface area contributed by atoms with Crippen LogP contribution in [-0.2, 0) is 18.0 Å². The van der Waals surface area contributed by atoms with Crippen LogP contribution >= 0.6 is 11.6 Å². The maximum absolute atomic E-state index is 6.12. The number of nitrogens with zero attached hydrogens (tertiary/aromatic N) is 3. The summed E-state index contributed by atoms with van der Waals surface area (Å²) in [5.41, 5.74) is 2.23. The highest BCUT2D eigenvalue weighted by atomic mass is 35.5. The van der Waals surface area contributed by atoms with Crippen LogP contribution in [0.1, 0.15) is 55.2 Å². The molecule has 0 radical (unpaired) electrons. The number of benzene rings is 1. The molecule has 0 amide bonds. The lowest BCUT2D eigenvalue weighted by molar-refractivity contribution is 0.105. The van der Waals surface area contributed by atoms with Gasteiger partial charge in [-0.2, -0.15) is 0 Å². The van der Waals surface area contributed by atoms with E-state index in [1.54, 1.807) is 0 Å². The smallest absolute Gasteiger partial charge is 0.163 e. The molecule has 4 rings (SSSR count). The Morgan fingerprint density at radius 2 is 1.95 bits per heavy atom. The Morgan fingerprint density at radius 3 is 2.81 bits per heavy atom. The van der Waals surface area contributed by atoms with Gasteiger partial charge >= 0.3 is 0 Å². The number of ether oxygens (including phenoxy) is 1. The van der Waals surface area contributed by atoms with E-state index in [2.05, 4.69) is 20.8 Å². The van der Waals surface area contributed by atoms with Crippen molar-refractivity contribution in [3.8, 4) is 5.69 Å². The van der Waals surface area contributed by atoms with Crippen molar-refractivity contribution in [3.05, 3.63) is 40.4 Å². The SMILES string of the molecule is Clc1ccc2c(c1)COCc1nnc(C3CCCCC3)n1-2. The molecule has 110 valence electrons. The highest BCUT2D eigenvalue weighted by Gasteiger charge is 2.26. The second-order valence-electron chi connectivity index (χ2n) is 5.91. The van der Waals surface area contributed by atoms with E-state index in [9.17, 15) is 0 Å². The Bertz CT molecular complexity index is 662. The summed E-state index contributed by atoms with van der Waals surface area (Å²) in [7, 11) is 0. The summed E-state index contributed by atoms with van der Waals surface area (Å²) in [5.74, 6) is 2.51. The van der Waals surface area contributed by atoms with Crippen LogP contribution in [0.25, 0.3) is 5.69 Å². The van der Waals surface area contributed by atoms with Gasteiger partial charge in [0, 0.05) is 16.5 Å². The second kappa shape index (κ2) is 5.43. The highest BCUT2D eigenvalue weighted by molar-refractivity contribution is 6.30. The fourth-order valence-electron chi connectivity index (χ4n) is 3.45. The zero-order valence-electron chi connectivity index (χ0n) is 11.9. The number of fused-ring (bicyclic) bond motifs is 3. The molecule has 1 aliphatic heterocycles. The minimum Gasteiger partial charge on any atom is -0.369 e. The van der Waals surface area contributed by atoms with Gasteiger partial charge in [-0.15, -0.1) is 10.2 Å². The van der Waals surface area contributed by atoms with Gasteiger partial charge in [-0.25, -0.2) is 0 Å². The monoisotopic (exact) mass is 303 g/mol. The minimum atomic E-state index is 0.506. The molecule has 1 saturated carbocycles. The molecule has 4 nitrogen and oxygen atoms in total. The van der Waals surface area contributed by atoms with Gasteiger partial charge in [0.2, 0.25) is 0 Å². The zero-order valence-corrected chi connectivity index (χ0v) is 12.6. The Hall–Kier alpha value is -1.39. The van der Waals surface area contributed by atoms with Crippen LogP contribution in [0.5, 0.6) is 0 Å². The predicted molar refractivity (Wildman–Crippen MR) is 80.7 cm³/mol. The van der Waals surface area contributed by atoms with Gasteiger partial charge < -0.3 is 4.74 Å². The summed E-state index contributed by atoms with van der Waals surface area (Å²) >= 11 is 6.12. The van der Waals surface area contributed by atoms with Gasteiger partial charge in [-0.1, -0.05) is 30.9 Å².